The van der Waals surface area contributed by atoms with Crippen molar-refractivity contribution in [1.29, 1.82) is 0 Å². The molecule has 1 rings (SSSR count). The third-order valence-corrected chi connectivity index (χ3v) is 1.91. The molecule has 0 aliphatic heterocycles. The van der Waals surface area contributed by atoms with Crippen LogP contribution < -0.4 is 5.32 Å². The van der Waals surface area contributed by atoms with Crippen LogP contribution >= 0.6 is 0 Å². The normalized spacial score (nSPS) is 16.7. The quantitative estimate of drug-likeness (QED) is 0.725. The molecule has 1 aliphatic rings. The molecule has 0 spiro atoms. The van der Waals surface area contributed by atoms with Gasteiger partial charge in [0.05, 0.1) is 12.6 Å². The SMILES string of the molecule is COC[C@@H](NC(=O)OC(C)(C)C)C1=CC1. The maximum Gasteiger partial charge on any atom is 0.408 e. The Bertz CT molecular complexity index is 265. The van der Waals surface area contributed by atoms with Crippen molar-refractivity contribution >= 4 is 6.09 Å². The number of nitrogens with one attached hydrogen (secondary N) is 1. The van der Waals surface area contributed by atoms with Gasteiger partial charge in [-0.25, -0.2) is 4.79 Å². The number of alkyl carbamates (subject to hydrolysis) is 1. The van der Waals surface area contributed by atoms with Crippen molar-refractivity contribution in [1.82, 2.24) is 5.32 Å². The molecule has 15 heavy (non-hydrogen) atoms. The largest absolute Gasteiger partial charge is 0.444 e. The third-order valence-electron chi connectivity index (χ3n) is 1.91. The molecule has 0 radical (unpaired) electrons. The third kappa shape index (κ3) is 4.83. The fourth-order valence-corrected chi connectivity index (χ4v) is 1.20. The summed E-state index contributed by atoms with van der Waals surface area (Å²) in [5.41, 5.74) is 0.752. The molecule has 0 saturated heterocycles. The van der Waals surface area contributed by atoms with Crippen LogP contribution in [0.2, 0.25) is 0 Å². The zero-order chi connectivity index (χ0) is 11.5. The summed E-state index contributed by atoms with van der Waals surface area (Å²) < 4.78 is 10.2. The maximum atomic E-state index is 11.5. The van der Waals surface area contributed by atoms with Crippen molar-refractivity contribution in [2.45, 2.75) is 38.8 Å². The summed E-state index contributed by atoms with van der Waals surface area (Å²) in [5.74, 6) is 0. The summed E-state index contributed by atoms with van der Waals surface area (Å²) in [6.07, 6.45) is 2.64. The maximum absolute atomic E-state index is 11.5. The lowest BCUT2D eigenvalue weighted by atomic mass is 10.2. The van der Waals surface area contributed by atoms with Gasteiger partial charge in [-0.05, 0) is 32.8 Å². The van der Waals surface area contributed by atoms with Crippen LogP contribution in [0.15, 0.2) is 11.6 Å². The second kappa shape index (κ2) is 4.66. The zero-order valence-corrected chi connectivity index (χ0v) is 9.79. The van der Waals surface area contributed by atoms with Crippen LogP contribution in [-0.4, -0.2) is 31.5 Å². The Morgan fingerprint density at radius 2 is 2.20 bits per heavy atom. The Balaban J connectivity index is 2.37. The summed E-state index contributed by atoms with van der Waals surface area (Å²) in [6.45, 7) is 6.02. The summed E-state index contributed by atoms with van der Waals surface area (Å²) in [6, 6.07) is -0.0372. The average molecular weight is 213 g/mol. The van der Waals surface area contributed by atoms with Crippen LogP contribution in [0.5, 0.6) is 0 Å². The molecule has 0 aromatic rings. The number of amides is 1. The molecular weight excluding hydrogens is 194 g/mol. The van der Waals surface area contributed by atoms with Gasteiger partial charge in [-0.1, -0.05) is 6.08 Å². The van der Waals surface area contributed by atoms with E-state index in [1.165, 1.54) is 5.57 Å². The van der Waals surface area contributed by atoms with Crippen molar-refractivity contribution in [2.75, 3.05) is 13.7 Å². The van der Waals surface area contributed by atoms with Crippen molar-refractivity contribution in [3.63, 3.8) is 0 Å². The number of hydrogen-bond acceptors (Lipinski definition) is 3. The minimum Gasteiger partial charge on any atom is -0.444 e. The van der Waals surface area contributed by atoms with Crippen LogP contribution in [-0.2, 0) is 9.47 Å². The van der Waals surface area contributed by atoms with Gasteiger partial charge >= 0.3 is 6.09 Å². The molecule has 0 bridgehead atoms. The van der Waals surface area contributed by atoms with Crippen molar-refractivity contribution in [2.24, 2.45) is 0 Å². The van der Waals surface area contributed by atoms with Crippen molar-refractivity contribution in [3.05, 3.63) is 11.6 Å². The van der Waals surface area contributed by atoms with Gasteiger partial charge < -0.3 is 14.8 Å². The van der Waals surface area contributed by atoms with Crippen LogP contribution in [0.4, 0.5) is 4.79 Å². The minimum atomic E-state index is -0.459. The van der Waals surface area contributed by atoms with Gasteiger partial charge in [0.25, 0.3) is 0 Å². The minimum absolute atomic E-state index is 0.0372. The second-order valence-corrected chi connectivity index (χ2v) is 4.64. The molecule has 0 aromatic carbocycles. The Morgan fingerprint density at radius 1 is 1.60 bits per heavy atom. The molecule has 86 valence electrons. The van der Waals surface area contributed by atoms with E-state index in [1.807, 2.05) is 20.8 Å². The highest BCUT2D eigenvalue weighted by molar-refractivity contribution is 5.69. The summed E-state index contributed by atoms with van der Waals surface area (Å²) in [7, 11) is 1.62. The fourth-order valence-electron chi connectivity index (χ4n) is 1.20. The van der Waals surface area contributed by atoms with Crippen molar-refractivity contribution in [3.8, 4) is 0 Å². The summed E-state index contributed by atoms with van der Waals surface area (Å²) >= 11 is 0. The molecule has 0 saturated carbocycles. The highest BCUT2D eigenvalue weighted by atomic mass is 16.6. The number of hydrogen-bond donors (Lipinski definition) is 1. The van der Waals surface area contributed by atoms with Crippen LogP contribution in [0.1, 0.15) is 27.2 Å². The Hall–Kier alpha value is -1.03. The molecule has 1 amide bonds. The lowest BCUT2D eigenvalue weighted by Crippen LogP contribution is -2.41. The van der Waals surface area contributed by atoms with E-state index in [2.05, 4.69) is 11.4 Å². The van der Waals surface area contributed by atoms with E-state index in [9.17, 15) is 4.79 Å². The van der Waals surface area contributed by atoms with Gasteiger partial charge in [0.15, 0.2) is 0 Å². The first-order valence-corrected chi connectivity index (χ1v) is 5.10. The van der Waals surface area contributed by atoms with E-state index in [0.29, 0.717) is 6.61 Å². The summed E-state index contributed by atoms with van der Waals surface area (Å²) in [5, 5.41) is 2.78. The first kappa shape index (κ1) is 12.0. The van der Waals surface area contributed by atoms with Gasteiger partial charge in [-0.15, -0.1) is 0 Å². The van der Waals surface area contributed by atoms with Gasteiger partial charge in [0, 0.05) is 7.11 Å². The molecule has 1 N–H and O–H groups in total. The smallest absolute Gasteiger partial charge is 0.408 e. The number of carbonyl (C=O) groups is 1. The Morgan fingerprint density at radius 3 is 2.60 bits per heavy atom. The Kier molecular flexibility index (Phi) is 3.74. The van der Waals surface area contributed by atoms with Gasteiger partial charge in [-0.2, -0.15) is 0 Å². The lowest BCUT2D eigenvalue weighted by molar-refractivity contribution is 0.0485. The molecule has 0 unspecified atom stereocenters. The monoisotopic (exact) mass is 213 g/mol. The molecule has 0 fully saturated rings. The Labute approximate surface area is 90.6 Å². The van der Waals surface area contributed by atoms with E-state index in [0.717, 1.165) is 6.42 Å². The molecule has 0 heterocycles. The average Bonchev–Trinajstić information content (AvgIpc) is 2.81. The molecule has 1 aliphatic carbocycles. The second-order valence-electron chi connectivity index (χ2n) is 4.64. The van der Waals surface area contributed by atoms with Gasteiger partial charge in [0.1, 0.15) is 5.60 Å². The number of rotatable bonds is 4. The van der Waals surface area contributed by atoms with Crippen LogP contribution in [0.3, 0.4) is 0 Å². The van der Waals surface area contributed by atoms with Crippen LogP contribution in [0.25, 0.3) is 0 Å². The van der Waals surface area contributed by atoms with Crippen molar-refractivity contribution < 1.29 is 14.3 Å². The number of ether oxygens (including phenoxy) is 2. The fraction of sp³-hybridized carbons (Fsp3) is 0.727. The highest BCUT2D eigenvalue weighted by Crippen LogP contribution is 2.23. The lowest BCUT2D eigenvalue weighted by Gasteiger charge is -2.22. The van der Waals surface area contributed by atoms with E-state index in [4.69, 9.17) is 9.47 Å². The number of methoxy groups -OCH3 is 1. The molecule has 1 atom stereocenters. The first-order valence-electron chi connectivity index (χ1n) is 5.10. The molecule has 0 aromatic heterocycles. The summed E-state index contributed by atoms with van der Waals surface area (Å²) in [4.78, 5) is 11.5. The molecule has 4 heteroatoms. The predicted molar refractivity (Wildman–Crippen MR) is 57.7 cm³/mol. The first-order chi connectivity index (χ1) is 6.92. The highest BCUT2D eigenvalue weighted by Gasteiger charge is 2.24. The van der Waals surface area contributed by atoms with Gasteiger partial charge in [0.2, 0.25) is 0 Å². The number of allylic oxidation sites excluding steroid dienone is 1. The van der Waals surface area contributed by atoms with E-state index < -0.39 is 11.7 Å². The predicted octanol–water partition coefficient (Wildman–Crippen LogP) is 1.86. The molecule has 4 nitrogen and oxygen atoms in total. The number of carbonyl (C=O) groups excluding carboxylic acids is 1. The van der Waals surface area contributed by atoms with E-state index >= 15 is 0 Å². The van der Waals surface area contributed by atoms with E-state index in [-0.39, 0.29) is 6.04 Å². The van der Waals surface area contributed by atoms with Gasteiger partial charge in [-0.3, -0.25) is 0 Å². The van der Waals surface area contributed by atoms with E-state index in [1.54, 1.807) is 7.11 Å². The zero-order valence-electron chi connectivity index (χ0n) is 9.79. The topological polar surface area (TPSA) is 47.6 Å². The standard InChI is InChI=1S/C11H19NO3/c1-11(2,3)15-10(13)12-9(7-14-4)8-5-6-8/h5,9H,6-7H2,1-4H3,(H,12,13)/t9-/m1/s1. The van der Waals surface area contributed by atoms with Crippen LogP contribution in [0, 0.1) is 0 Å². The molecular formula is C11H19NO3.